The van der Waals surface area contributed by atoms with Crippen molar-refractivity contribution in [2.45, 2.75) is 12.8 Å². The highest BCUT2D eigenvalue weighted by Gasteiger charge is 2.34. The number of benzene rings is 1. The first-order chi connectivity index (χ1) is 6.41. The fourth-order valence-electron chi connectivity index (χ4n) is 0.837. The lowest BCUT2D eigenvalue weighted by molar-refractivity contribution is -0.142. The van der Waals surface area contributed by atoms with Crippen LogP contribution in [0.2, 0.25) is 0 Å². The third-order valence-corrected chi connectivity index (χ3v) is 1.32. The Morgan fingerprint density at radius 2 is 1.93 bits per heavy atom. The lowest BCUT2D eigenvalue weighted by atomic mass is 10.2. The second-order valence-electron chi connectivity index (χ2n) is 2.29. The predicted octanol–water partition coefficient (Wildman–Crippen LogP) is 3.11. The van der Waals surface area contributed by atoms with Crippen molar-refractivity contribution < 1.29 is 26.7 Å². The Morgan fingerprint density at radius 3 is 2.43 bits per heavy atom. The number of rotatable bonds is 2. The average Bonchev–Trinajstić information content (AvgIpc) is 2.01. The highest BCUT2D eigenvalue weighted by molar-refractivity contribution is 5.34. The molecule has 6 heteroatoms. The molecule has 0 aliphatic rings. The first-order valence-corrected chi connectivity index (χ1v) is 3.44. The van der Waals surface area contributed by atoms with Gasteiger partial charge in [0.2, 0.25) is 0 Å². The number of halogens is 5. The van der Waals surface area contributed by atoms with Gasteiger partial charge in [0.05, 0.1) is 0 Å². The van der Waals surface area contributed by atoms with Gasteiger partial charge in [0.15, 0.2) is 0 Å². The molecule has 1 rings (SSSR count). The van der Waals surface area contributed by atoms with Gasteiger partial charge >= 0.3 is 12.8 Å². The Morgan fingerprint density at radius 1 is 1.29 bits per heavy atom. The van der Waals surface area contributed by atoms with Crippen LogP contribution in [-0.4, -0.2) is 6.61 Å². The molecule has 1 nitrogen and oxygen atoms in total. The minimum absolute atomic E-state index is 0.811. The van der Waals surface area contributed by atoms with Gasteiger partial charge < -0.3 is 4.74 Å². The summed E-state index contributed by atoms with van der Waals surface area (Å²) in [7, 11) is 0. The van der Waals surface area contributed by atoms with Crippen LogP contribution in [0, 0.1) is 6.07 Å². The maximum absolute atomic E-state index is 12.1. The third-order valence-electron chi connectivity index (χ3n) is 1.32. The molecule has 0 saturated heterocycles. The molecular weight excluding hydrogens is 207 g/mol. The summed E-state index contributed by atoms with van der Waals surface area (Å²) in [6, 6.07) is 4.72. The summed E-state index contributed by atoms with van der Waals surface area (Å²) in [5, 5.41) is 0. The van der Waals surface area contributed by atoms with Gasteiger partial charge in [-0.15, -0.1) is 0 Å². The monoisotopic (exact) mass is 211 g/mol. The highest BCUT2D eigenvalue weighted by Crippen LogP contribution is 2.35. The van der Waals surface area contributed by atoms with Gasteiger partial charge in [-0.2, -0.15) is 22.0 Å². The summed E-state index contributed by atoms with van der Waals surface area (Å²) in [4.78, 5) is 0. The van der Waals surface area contributed by atoms with Crippen LogP contribution in [0.25, 0.3) is 0 Å². The van der Waals surface area contributed by atoms with Crippen molar-refractivity contribution in [3.05, 3.63) is 29.8 Å². The molecule has 0 spiro atoms. The maximum atomic E-state index is 12.1. The molecule has 77 valence electrons. The van der Waals surface area contributed by atoms with E-state index in [4.69, 9.17) is 0 Å². The third kappa shape index (κ3) is 2.58. The normalized spacial score (nSPS) is 11.9. The van der Waals surface area contributed by atoms with Crippen LogP contribution >= 0.6 is 0 Å². The predicted molar refractivity (Wildman–Crippen MR) is 36.9 cm³/mol. The largest absolute Gasteiger partial charge is 0.434 e. The van der Waals surface area contributed by atoms with Crippen LogP contribution < -0.4 is 4.74 Å². The van der Waals surface area contributed by atoms with E-state index in [9.17, 15) is 22.0 Å². The van der Waals surface area contributed by atoms with E-state index >= 15 is 0 Å². The molecule has 0 atom stereocenters. The van der Waals surface area contributed by atoms with Gasteiger partial charge in [-0.25, -0.2) is 0 Å². The van der Waals surface area contributed by atoms with Crippen molar-refractivity contribution in [1.82, 2.24) is 0 Å². The smallest absolute Gasteiger partial charge is 0.420 e. The van der Waals surface area contributed by atoms with Gasteiger partial charge in [-0.3, -0.25) is 0 Å². The first kappa shape index (κ1) is 10.7. The number of alkyl halides is 5. The maximum Gasteiger partial charge on any atom is 0.420 e. The zero-order valence-electron chi connectivity index (χ0n) is 6.61. The zero-order chi connectivity index (χ0) is 10.8. The number of hydrogen-bond acceptors (Lipinski definition) is 1. The Bertz CT molecular complexity index is 307. The Labute approximate surface area is 76.1 Å². The molecule has 0 aliphatic carbocycles. The Kier molecular flexibility index (Phi) is 2.93. The molecule has 0 fully saturated rings. The van der Waals surface area contributed by atoms with E-state index in [-0.39, 0.29) is 0 Å². The summed E-state index contributed by atoms with van der Waals surface area (Å²) in [6.45, 7) is -3.29. The lowest BCUT2D eigenvalue weighted by Gasteiger charge is -2.12. The first-order valence-electron chi connectivity index (χ1n) is 3.44. The van der Waals surface area contributed by atoms with Gasteiger partial charge in [-0.1, -0.05) is 12.1 Å². The second kappa shape index (κ2) is 3.81. The van der Waals surface area contributed by atoms with E-state index in [1.807, 2.05) is 0 Å². The quantitative estimate of drug-likeness (QED) is 0.683. The fourth-order valence-corrected chi connectivity index (χ4v) is 0.837. The van der Waals surface area contributed by atoms with Crippen molar-refractivity contribution in [2.24, 2.45) is 0 Å². The molecule has 0 aliphatic heterocycles. The lowest BCUT2D eigenvalue weighted by Crippen LogP contribution is -2.11. The molecule has 1 aromatic carbocycles. The van der Waals surface area contributed by atoms with Crippen LogP contribution in [0.5, 0.6) is 5.75 Å². The molecule has 1 radical (unpaired) electrons. The van der Waals surface area contributed by atoms with E-state index in [2.05, 4.69) is 4.74 Å². The fraction of sp³-hybridized carbons (Fsp3) is 0.250. The van der Waals surface area contributed by atoms with E-state index in [1.54, 1.807) is 6.07 Å². The van der Waals surface area contributed by atoms with E-state index in [1.165, 1.54) is 0 Å². The van der Waals surface area contributed by atoms with E-state index in [0.29, 0.717) is 0 Å². The molecular formula is C8H4F5O. The topological polar surface area (TPSA) is 9.23 Å². The van der Waals surface area contributed by atoms with Crippen molar-refractivity contribution in [3.63, 3.8) is 0 Å². The van der Waals surface area contributed by atoms with Crippen molar-refractivity contribution in [2.75, 3.05) is 0 Å². The minimum atomic E-state index is -4.74. The van der Waals surface area contributed by atoms with Crippen LogP contribution in [0.3, 0.4) is 0 Å². The molecule has 0 unspecified atom stereocenters. The summed E-state index contributed by atoms with van der Waals surface area (Å²) < 4.78 is 63.5. The molecule has 0 N–H and O–H groups in total. The highest BCUT2D eigenvalue weighted by atomic mass is 19.4. The summed E-state index contributed by atoms with van der Waals surface area (Å²) in [5.41, 5.74) is -1.33. The molecule has 0 heterocycles. The average molecular weight is 211 g/mol. The molecule has 1 aromatic rings. The van der Waals surface area contributed by atoms with Crippen molar-refractivity contribution >= 4 is 0 Å². The van der Waals surface area contributed by atoms with Crippen molar-refractivity contribution in [3.8, 4) is 5.75 Å². The van der Waals surface area contributed by atoms with E-state index < -0.39 is 24.1 Å². The molecule has 0 saturated carbocycles. The summed E-state index contributed by atoms with van der Waals surface area (Å²) >= 11 is 0. The zero-order valence-corrected chi connectivity index (χ0v) is 6.61. The van der Waals surface area contributed by atoms with Crippen LogP contribution in [-0.2, 0) is 6.18 Å². The molecule has 0 aromatic heterocycles. The SMILES string of the molecule is FC(F)Oc1ccc[c]c1C(F)(F)F. The van der Waals surface area contributed by atoms with Crippen LogP contribution in [0.15, 0.2) is 18.2 Å². The molecule has 0 bridgehead atoms. The van der Waals surface area contributed by atoms with Gasteiger partial charge in [0.25, 0.3) is 0 Å². The van der Waals surface area contributed by atoms with Gasteiger partial charge in [-0.05, 0) is 12.1 Å². The van der Waals surface area contributed by atoms with Crippen LogP contribution in [0.1, 0.15) is 5.56 Å². The number of ether oxygens (including phenoxy) is 1. The Balaban J connectivity index is 3.04. The van der Waals surface area contributed by atoms with E-state index in [0.717, 1.165) is 18.2 Å². The summed E-state index contributed by atoms with van der Waals surface area (Å²) in [5.74, 6) is -0.921. The van der Waals surface area contributed by atoms with Gasteiger partial charge in [0.1, 0.15) is 11.3 Å². The van der Waals surface area contributed by atoms with Crippen molar-refractivity contribution in [1.29, 1.82) is 0 Å². The van der Waals surface area contributed by atoms with Gasteiger partial charge in [0, 0.05) is 0 Å². The number of hydrogen-bond donors (Lipinski definition) is 0. The Hall–Kier alpha value is -1.33. The standard InChI is InChI=1S/C8H4F5O/c9-7(10)14-6-4-2-1-3-5(6)8(11,12)13/h1-2,4,7H. The summed E-state index contributed by atoms with van der Waals surface area (Å²) in [6.07, 6.45) is -4.74. The molecule has 14 heavy (non-hydrogen) atoms. The van der Waals surface area contributed by atoms with Crippen LogP contribution in [0.4, 0.5) is 22.0 Å². The minimum Gasteiger partial charge on any atom is -0.434 e. The molecule has 0 amide bonds. The second-order valence-corrected chi connectivity index (χ2v) is 2.29.